The zero-order chi connectivity index (χ0) is 17.3. The molecule has 1 amide bonds. The molecule has 2 aromatic rings. The van der Waals surface area contributed by atoms with Crippen LogP contribution in [0.5, 0.6) is 0 Å². The number of carbonyl (C=O) groups is 1. The summed E-state index contributed by atoms with van der Waals surface area (Å²) >= 11 is 0. The molecule has 1 spiro atoms. The predicted molar refractivity (Wildman–Crippen MR) is 98.2 cm³/mol. The van der Waals surface area contributed by atoms with Crippen molar-refractivity contribution in [1.82, 2.24) is 5.32 Å². The van der Waals surface area contributed by atoms with E-state index in [0.717, 1.165) is 31.2 Å². The fourth-order valence-electron chi connectivity index (χ4n) is 4.44. The van der Waals surface area contributed by atoms with E-state index in [1.165, 1.54) is 23.1 Å². The maximum atomic E-state index is 12.6. The summed E-state index contributed by atoms with van der Waals surface area (Å²) in [5, 5.41) is 12.2. The van der Waals surface area contributed by atoms with E-state index in [0.29, 0.717) is 6.54 Å². The Morgan fingerprint density at radius 3 is 2.68 bits per heavy atom. The number of aryl methyl sites for hydroxylation is 1. The van der Waals surface area contributed by atoms with Crippen LogP contribution >= 0.6 is 0 Å². The molecule has 0 saturated heterocycles. The van der Waals surface area contributed by atoms with Crippen LogP contribution in [0.2, 0.25) is 0 Å². The smallest absolute Gasteiger partial charge is 0.224 e. The van der Waals surface area contributed by atoms with Crippen LogP contribution in [0.1, 0.15) is 41.5 Å². The van der Waals surface area contributed by atoms with E-state index in [2.05, 4.69) is 29.6 Å². The van der Waals surface area contributed by atoms with Crippen LogP contribution in [0.3, 0.4) is 0 Å². The molecule has 2 N–H and O–H groups in total. The minimum absolute atomic E-state index is 0.0717. The molecule has 3 nitrogen and oxygen atoms in total. The topological polar surface area (TPSA) is 49.3 Å². The Morgan fingerprint density at radius 2 is 1.88 bits per heavy atom. The van der Waals surface area contributed by atoms with Crippen LogP contribution in [-0.4, -0.2) is 17.6 Å². The standard InChI is InChI=1S/C22H25NO2/c24-15-17-9-7-16(8-10-17)11-13-23-21(25)20-14-22(20)12-3-5-18-4-1-2-6-19(18)22/h1-2,4,6-10,20,24H,3,5,11-15H2,(H,23,25). The van der Waals surface area contributed by atoms with E-state index >= 15 is 0 Å². The second kappa shape index (κ2) is 6.64. The van der Waals surface area contributed by atoms with Gasteiger partial charge in [0, 0.05) is 17.9 Å². The van der Waals surface area contributed by atoms with Crippen molar-refractivity contribution in [1.29, 1.82) is 0 Å². The van der Waals surface area contributed by atoms with Crippen molar-refractivity contribution in [3.8, 4) is 0 Å². The average molecular weight is 335 g/mol. The van der Waals surface area contributed by atoms with Gasteiger partial charge in [0.25, 0.3) is 0 Å². The molecule has 4 rings (SSSR count). The van der Waals surface area contributed by atoms with Gasteiger partial charge in [-0.3, -0.25) is 4.79 Å². The lowest BCUT2D eigenvalue weighted by molar-refractivity contribution is -0.122. The molecule has 2 unspecified atom stereocenters. The lowest BCUT2D eigenvalue weighted by atomic mass is 9.78. The van der Waals surface area contributed by atoms with Gasteiger partial charge in [-0.1, -0.05) is 48.5 Å². The molecule has 25 heavy (non-hydrogen) atoms. The third-order valence-electron chi connectivity index (χ3n) is 5.93. The zero-order valence-corrected chi connectivity index (χ0v) is 14.5. The molecule has 1 fully saturated rings. The van der Waals surface area contributed by atoms with Crippen molar-refractivity contribution >= 4 is 5.91 Å². The Hall–Kier alpha value is -2.13. The number of amides is 1. The number of carbonyl (C=O) groups excluding carboxylic acids is 1. The summed E-state index contributed by atoms with van der Waals surface area (Å²) in [5.74, 6) is 0.356. The second-order valence-electron chi connectivity index (χ2n) is 7.44. The first-order valence-electron chi connectivity index (χ1n) is 9.28. The van der Waals surface area contributed by atoms with Crippen LogP contribution in [0.15, 0.2) is 48.5 Å². The zero-order valence-electron chi connectivity index (χ0n) is 14.5. The van der Waals surface area contributed by atoms with Crippen LogP contribution in [0.4, 0.5) is 0 Å². The van der Waals surface area contributed by atoms with E-state index in [9.17, 15) is 4.79 Å². The molecule has 2 atom stereocenters. The van der Waals surface area contributed by atoms with Gasteiger partial charge in [0.1, 0.15) is 0 Å². The molecule has 2 aliphatic carbocycles. The predicted octanol–water partition coefficient (Wildman–Crippen LogP) is 3.13. The number of fused-ring (bicyclic) bond motifs is 2. The number of aliphatic hydroxyl groups excluding tert-OH is 1. The fraction of sp³-hybridized carbons (Fsp3) is 0.409. The summed E-state index contributed by atoms with van der Waals surface area (Å²) < 4.78 is 0. The van der Waals surface area contributed by atoms with Crippen molar-refractivity contribution in [3.63, 3.8) is 0 Å². The lowest BCUT2D eigenvalue weighted by Crippen LogP contribution is -2.31. The van der Waals surface area contributed by atoms with Crippen LogP contribution in [0, 0.1) is 5.92 Å². The molecule has 2 aromatic carbocycles. The molecular weight excluding hydrogens is 310 g/mol. The van der Waals surface area contributed by atoms with Crippen molar-refractivity contribution < 1.29 is 9.90 Å². The Morgan fingerprint density at radius 1 is 1.12 bits per heavy atom. The van der Waals surface area contributed by atoms with Crippen molar-refractivity contribution in [3.05, 3.63) is 70.8 Å². The second-order valence-corrected chi connectivity index (χ2v) is 7.44. The first-order valence-corrected chi connectivity index (χ1v) is 9.28. The Balaban J connectivity index is 1.34. The number of hydrogen-bond donors (Lipinski definition) is 2. The van der Waals surface area contributed by atoms with Gasteiger partial charge in [-0.05, 0) is 54.4 Å². The van der Waals surface area contributed by atoms with Gasteiger partial charge < -0.3 is 10.4 Å². The SMILES string of the molecule is O=C(NCCc1ccc(CO)cc1)C1CC12CCCc1ccccc12. The maximum absolute atomic E-state index is 12.6. The third-order valence-corrected chi connectivity index (χ3v) is 5.93. The fourth-order valence-corrected chi connectivity index (χ4v) is 4.44. The van der Waals surface area contributed by atoms with Gasteiger partial charge in [-0.2, -0.15) is 0 Å². The third kappa shape index (κ3) is 3.09. The molecular formula is C22H25NO2. The highest BCUT2D eigenvalue weighted by Gasteiger charge is 2.59. The van der Waals surface area contributed by atoms with Gasteiger partial charge in [0.15, 0.2) is 0 Å². The van der Waals surface area contributed by atoms with Crippen molar-refractivity contribution in [2.24, 2.45) is 5.92 Å². The molecule has 2 aliphatic rings. The van der Waals surface area contributed by atoms with E-state index in [4.69, 9.17) is 5.11 Å². The number of benzene rings is 2. The van der Waals surface area contributed by atoms with E-state index in [1.807, 2.05) is 24.3 Å². The lowest BCUT2D eigenvalue weighted by Gasteiger charge is -2.26. The molecule has 1 saturated carbocycles. The van der Waals surface area contributed by atoms with Gasteiger partial charge in [0.05, 0.1) is 6.61 Å². The highest BCUT2D eigenvalue weighted by Crippen LogP contribution is 2.60. The normalized spacial score (nSPS) is 24.0. The Labute approximate surface area is 149 Å². The summed E-state index contributed by atoms with van der Waals surface area (Å²) in [6.45, 7) is 0.744. The highest BCUT2D eigenvalue weighted by molar-refractivity contribution is 5.84. The Bertz CT molecular complexity index is 768. The highest BCUT2D eigenvalue weighted by atomic mass is 16.3. The quantitative estimate of drug-likeness (QED) is 0.882. The van der Waals surface area contributed by atoms with Gasteiger partial charge in [-0.25, -0.2) is 0 Å². The first-order chi connectivity index (χ1) is 12.2. The summed E-state index contributed by atoms with van der Waals surface area (Å²) in [6.07, 6.45) is 5.31. The number of hydrogen-bond acceptors (Lipinski definition) is 2. The molecule has 0 aromatic heterocycles. The molecule has 130 valence electrons. The molecule has 0 aliphatic heterocycles. The molecule has 0 bridgehead atoms. The van der Waals surface area contributed by atoms with Crippen LogP contribution < -0.4 is 5.32 Å². The minimum atomic E-state index is 0.0717. The summed E-state index contributed by atoms with van der Waals surface area (Å²) in [4.78, 5) is 12.6. The maximum Gasteiger partial charge on any atom is 0.224 e. The molecule has 3 heteroatoms. The minimum Gasteiger partial charge on any atom is -0.392 e. The average Bonchev–Trinajstić information content (AvgIpc) is 3.37. The Kier molecular flexibility index (Phi) is 4.34. The monoisotopic (exact) mass is 335 g/mol. The van der Waals surface area contributed by atoms with Gasteiger partial charge in [0.2, 0.25) is 5.91 Å². The van der Waals surface area contributed by atoms with E-state index < -0.39 is 0 Å². The van der Waals surface area contributed by atoms with Gasteiger partial charge in [-0.15, -0.1) is 0 Å². The summed E-state index contributed by atoms with van der Waals surface area (Å²) in [6, 6.07) is 16.6. The largest absolute Gasteiger partial charge is 0.392 e. The van der Waals surface area contributed by atoms with E-state index in [1.54, 1.807) is 0 Å². The number of nitrogens with one attached hydrogen (secondary N) is 1. The molecule has 0 radical (unpaired) electrons. The van der Waals surface area contributed by atoms with E-state index in [-0.39, 0.29) is 23.8 Å². The summed E-state index contributed by atoms with van der Waals surface area (Å²) in [7, 11) is 0. The molecule has 0 heterocycles. The van der Waals surface area contributed by atoms with Crippen LogP contribution in [0.25, 0.3) is 0 Å². The number of aliphatic hydroxyl groups is 1. The summed E-state index contributed by atoms with van der Waals surface area (Å²) in [5.41, 5.74) is 5.07. The first kappa shape index (κ1) is 16.3. The van der Waals surface area contributed by atoms with Crippen molar-refractivity contribution in [2.75, 3.05) is 6.54 Å². The number of rotatable bonds is 5. The van der Waals surface area contributed by atoms with Crippen LogP contribution in [-0.2, 0) is 29.7 Å². The van der Waals surface area contributed by atoms with Gasteiger partial charge >= 0.3 is 0 Å². The van der Waals surface area contributed by atoms with Crippen molar-refractivity contribution in [2.45, 2.75) is 44.1 Å².